The molecule has 0 spiro atoms. The second-order valence-corrected chi connectivity index (χ2v) is 5.85. The van der Waals surface area contributed by atoms with E-state index in [1.807, 2.05) is 12.1 Å². The monoisotopic (exact) mass is 315 g/mol. The number of pyridine rings is 1. The Morgan fingerprint density at radius 2 is 2.13 bits per heavy atom. The molecule has 3 heterocycles. The predicted octanol–water partition coefficient (Wildman–Crippen LogP) is 1.55. The van der Waals surface area contributed by atoms with E-state index in [1.165, 1.54) is 23.5 Å². The number of likely N-dealkylation sites (tertiary alicyclic amines) is 1. The maximum atomic E-state index is 12.3. The molecule has 0 aromatic carbocycles. The number of furan rings is 1. The van der Waals surface area contributed by atoms with Crippen molar-refractivity contribution in [2.45, 2.75) is 18.9 Å². The van der Waals surface area contributed by atoms with Crippen LogP contribution in [0.3, 0.4) is 0 Å². The fourth-order valence-electron chi connectivity index (χ4n) is 2.92. The third-order valence-corrected chi connectivity index (χ3v) is 4.28. The largest absolute Gasteiger partial charge is 0.468 e. The molecule has 23 heavy (non-hydrogen) atoms. The predicted molar refractivity (Wildman–Crippen MR) is 86.3 cm³/mol. The van der Waals surface area contributed by atoms with Crippen LogP contribution in [-0.2, 0) is 7.05 Å². The van der Waals surface area contributed by atoms with Crippen LogP contribution in [0.5, 0.6) is 0 Å². The second-order valence-electron chi connectivity index (χ2n) is 5.85. The molecule has 0 bridgehead atoms. The third-order valence-electron chi connectivity index (χ3n) is 4.28. The van der Waals surface area contributed by atoms with E-state index in [1.54, 1.807) is 25.6 Å². The standard InChI is InChI=1S/C17H21N3O3/c1-19-9-6-13(11-16(19)21)17(22)18-12-14(15-5-4-10-23-15)20-7-2-3-8-20/h4-6,9-11,14H,2-3,7-8,12H2,1H3,(H,18,22). The Labute approximate surface area is 134 Å². The summed E-state index contributed by atoms with van der Waals surface area (Å²) in [5.74, 6) is 0.620. The van der Waals surface area contributed by atoms with E-state index in [4.69, 9.17) is 4.42 Å². The van der Waals surface area contributed by atoms with Gasteiger partial charge in [0.15, 0.2) is 0 Å². The topological polar surface area (TPSA) is 67.5 Å². The Kier molecular flexibility index (Phi) is 4.62. The van der Waals surface area contributed by atoms with E-state index in [0.29, 0.717) is 12.1 Å². The Bertz CT molecular complexity index is 715. The summed E-state index contributed by atoms with van der Waals surface area (Å²) in [5, 5.41) is 2.92. The van der Waals surface area contributed by atoms with Gasteiger partial charge in [-0.25, -0.2) is 0 Å². The van der Waals surface area contributed by atoms with Crippen LogP contribution >= 0.6 is 0 Å². The quantitative estimate of drug-likeness (QED) is 0.909. The number of aryl methyl sites for hydroxylation is 1. The molecule has 2 aromatic rings. The maximum absolute atomic E-state index is 12.3. The molecule has 1 atom stereocenters. The van der Waals surface area contributed by atoms with Gasteiger partial charge in [0.1, 0.15) is 5.76 Å². The van der Waals surface area contributed by atoms with Gasteiger partial charge in [0.2, 0.25) is 0 Å². The number of nitrogens with zero attached hydrogens (tertiary/aromatic N) is 2. The van der Waals surface area contributed by atoms with E-state index in [-0.39, 0.29) is 17.5 Å². The summed E-state index contributed by atoms with van der Waals surface area (Å²) in [5.41, 5.74) is 0.187. The lowest BCUT2D eigenvalue weighted by molar-refractivity contribution is 0.0933. The number of carbonyl (C=O) groups excluding carboxylic acids is 1. The molecule has 0 radical (unpaired) electrons. The first-order valence-electron chi connectivity index (χ1n) is 7.87. The molecular formula is C17H21N3O3. The summed E-state index contributed by atoms with van der Waals surface area (Å²) in [4.78, 5) is 26.2. The smallest absolute Gasteiger partial charge is 0.251 e. The molecule has 0 aliphatic carbocycles. The highest BCUT2D eigenvalue weighted by atomic mass is 16.3. The van der Waals surface area contributed by atoms with Gasteiger partial charge in [0.05, 0.1) is 12.3 Å². The Morgan fingerprint density at radius 3 is 2.78 bits per heavy atom. The number of carbonyl (C=O) groups is 1. The van der Waals surface area contributed by atoms with Gasteiger partial charge < -0.3 is 14.3 Å². The van der Waals surface area contributed by atoms with Crippen LogP contribution < -0.4 is 10.9 Å². The van der Waals surface area contributed by atoms with Crippen molar-refractivity contribution in [2.75, 3.05) is 19.6 Å². The molecule has 1 amide bonds. The number of hydrogen-bond donors (Lipinski definition) is 1. The second kappa shape index (κ2) is 6.83. The van der Waals surface area contributed by atoms with Crippen LogP contribution in [0.4, 0.5) is 0 Å². The Morgan fingerprint density at radius 1 is 1.35 bits per heavy atom. The highest BCUT2D eigenvalue weighted by Gasteiger charge is 2.26. The van der Waals surface area contributed by atoms with Crippen molar-refractivity contribution in [3.8, 4) is 0 Å². The highest BCUT2D eigenvalue weighted by molar-refractivity contribution is 5.93. The first-order valence-corrected chi connectivity index (χ1v) is 7.87. The van der Waals surface area contributed by atoms with Gasteiger partial charge in [-0.1, -0.05) is 0 Å². The van der Waals surface area contributed by atoms with Crippen LogP contribution in [0, 0.1) is 0 Å². The van der Waals surface area contributed by atoms with Crippen LogP contribution in [0.15, 0.2) is 45.9 Å². The number of hydrogen-bond acceptors (Lipinski definition) is 4. The van der Waals surface area contributed by atoms with E-state index >= 15 is 0 Å². The molecule has 1 aliphatic heterocycles. The molecule has 6 nitrogen and oxygen atoms in total. The van der Waals surface area contributed by atoms with Crippen molar-refractivity contribution in [1.29, 1.82) is 0 Å². The SMILES string of the molecule is Cn1ccc(C(=O)NCC(c2ccco2)N2CCCC2)cc1=O. The zero-order chi connectivity index (χ0) is 16.2. The van der Waals surface area contributed by atoms with E-state index in [2.05, 4.69) is 10.2 Å². The summed E-state index contributed by atoms with van der Waals surface area (Å²) < 4.78 is 6.97. The Balaban J connectivity index is 1.69. The summed E-state index contributed by atoms with van der Waals surface area (Å²) >= 11 is 0. The van der Waals surface area contributed by atoms with Crippen LogP contribution in [0.25, 0.3) is 0 Å². The number of rotatable bonds is 5. The van der Waals surface area contributed by atoms with Crippen molar-refractivity contribution in [1.82, 2.24) is 14.8 Å². The minimum absolute atomic E-state index is 0.0306. The number of amides is 1. The van der Waals surface area contributed by atoms with Gasteiger partial charge in [-0.05, 0) is 44.1 Å². The van der Waals surface area contributed by atoms with Crippen molar-refractivity contribution < 1.29 is 9.21 Å². The average molecular weight is 315 g/mol. The molecule has 1 fully saturated rings. The molecule has 1 saturated heterocycles. The minimum atomic E-state index is -0.238. The van der Waals surface area contributed by atoms with Gasteiger partial charge in [-0.15, -0.1) is 0 Å². The highest BCUT2D eigenvalue weighted by Crippen LogP contribution is 2.24. The minimum Gasteiger partial charge on any atom is -0.468 e. The fourth-order valence-corrected chi connectivity index (χ4v) is 2.92. The van der Waals surface area contributed by atoms with E-state index < -0.39 is 0 Å². The van der Waals surface area contributed by atoms with Crippen LogP contribution in [0.1, 0.15) is 35.0 Å². The molecule has 122 valence electrons. The van der Waals surface area contributed by atoms with Crippen LogP contribution in [-0.4, -0.2) is 35.0 Å². The lowest BCUT2D eigenvalue weighted by Crippen LogP contribution is -2.37. The fraction of sp³-hybridized carbons (Fsp3) is 0.412. The number of nitrogens with one attached hydrogen (secondary N) is 1. The lowest BCUT2D eigenvalue weighted by atomic mass is 10.2. The first-order chi connectivity index (χ1) is 11.1. The number of aromatic nitrogens is 1. The van der Waals surface area contributed by atoms with Gasteiger partial charge in [0.25, 0.3) is 11.5 Å². The average Bonchev–Trinajstić information content (AvgIpc) is 3.24. The van der Waals surface area contributed by atoms with Crippen molar-refractivity contribution in [2.24, 2.45) is 7.05 Å². The Hall–Kier alpha value is -2.34. The van der Waals surface area contributed by atoms with Crippen LogP contribution in [0.2, 0.25) is 0 Å². The molecule has 1 aliphatic rings. The summed E-state index contributed by atoms with van der Waals surface area (Å²) in [6, 6.07) is 6.83. The van der Waals surface area contributed by atoms with E-state index in [9.17, 15) is 9.59 Å². The molecule has 2 aromatic heterocycles. The zero-order valence-electron chi connectivity index (χ0n) is 13.2. The molecule has 0 saturated carbocycles. The van der Waals surface area contributed by atoms with Crippen molar-refractivity contribution in [3.05, 3.63) is 58.4 Å². The molecule has 1 N–H and O–H groups in total. The molecular weight excluding hydrogens is 294 g/mol. The molecule has 6 heteroatoms. The molecule has 3 rings (SSSR count). The summed E-state index contributed by atoms with van der Waals surface area (Å²) in [7, 11) is 1.66. The van der Waals surface area contributed by atoms with Gasteiger partial charge in [-0.2, -0.15) is 0 Å². The van der Waals surface area contributed by atoms with Gasteiger partial charge in [-0.3, -0.25) is 14.5 Å². The summed E-state index contributed by atoms with van der Waals surface area (Å²) in [6.45, 7) is 2.47. The van der Waals surface area contributed by atoms with Crippen molar-refractivity contribution >= 4 is 5.91 Å². The molecule has 1 unspecified atom stereocenters. The lowest BCUT2D eigenvalue weighted by Gasteiger charge is -2.26. The normalized spacial score (nSPS) is 16.4. The third kappa shape index (κ3) is 3.53. The first kappa shape index (κ1) is 15.6. The van der Waals surface area contributed by atoms with Gasteiger partial charge >= 0.3 is 0 Å². The zero-order valence-corrected chi connectivity index (χ0v) is 13.2. The van der Waals surface area contributed by atoms with Crippen molar-refractivity contribution in [3.63, 3.8) is 0 Å². The van der Waals surface area contributed by atoms with Gasteiger partial charge in [0, 0.05) is 31.4 Å². The summed E-state index contributed by atoms with van der Waals surface area (Å²) in [6.07, 6.45) is 5.59. The van der Waals surface area contributed by atoms with E-state index in [0.717, 1.165) is 18.8 Å². The maximum Gasteiger partial charge on any atom is 0.251 e.